The molecule has 0 spiro atoms. The van der Waals surface area contributed by atoms with Gasteiger partial charge in [0.2, 0.25) is 0 Å². The van der Waals surface area contributed by atoms with Crippen molar-refractivity contribution in [1.29, 1.82) is 0 Å². The minimum absolute atomic E-state index is 0.250. The minimum Gasteiger partial charge on any atom is -0.397 e. The van der Waals surface area contributed by atoms with E-state index < -0.39 is 8.07 Å². The van der Waals surface area contributed by atoms with Crippen molar-refractivity contribution in [1.82, 2.24) is 0 Å². The molecule has 0 rings (SSSR count). The summed E-state index contributed by atoms with van der Waals surface area (Å²) in [7, 11) is -0.907. The smallest absolute Gasteiger partial charge is 0.0465 e. The summed E-state index contributed by atoms with van der Waals surface area (Å²) in [6, 6.07) is 1.03. The molecule has 0 heterocycles. The van der Waals surface area contributed by atoms with Crippen molar-refractivity contribution in [2.45, 2.75) is 32.6 Å². The average Bonchev–Trinajstić information content (AvgIpc) is 1.63. The third-order valence-corrected chi connectivity index (χ3v) is 2.59. The van der Waals surface area contributed by atoms with Crippen LogP contribution in [-0.2, 0) is 0 Å². The number of aliphatic hydroxyl groups is 2. The molecule has 0 radical (unpaired) electrons. The second-order valence-corrected chi connectivity index (χ2v) is 8.97. The largest absolute Gasteiger partial charge is 0.397 e. The first-order valence-corrected chi connectivity index (χ1v) is 7.40. The van der Waals surface area contributed by atoms with Crippen molar-refractivity contribution in [3.05, 3.63) is 0 Å². The van der Waals surface area contributed by atoms with Crippen LogP contribution in [0.25, 0.3) is 0 Å². The zero-order valence-electron chi connectivity index (χ0n) is 7.52. The van der Waals surface area contributed by atoms with Crippen LogP contribution in [0.3, 0.4) is 0 Å². The van der Waals surface area contributed by atoms with Gasteiger partial charge in [0.05, 0.1) is 0 Å². The van der Waals surface area contributed by atoms with Gasteiger partial charge in [0.15, 0.2) is 0 Å². The van der Waals surface area contributed by atoms with Gasteiger partial charge in [-0.2, -0.15) is 0 Å². The van der Waals surface area contributed by atoms with E-state index in [2.05, 4.69) is 19.6 Å². The Morgan fingerprint density at radius 2 is 1.40 bits per heavy atom. The molecule has 0 aliphatic rings. The van der Waals surface area contributed by atoms with E-state index in [1.54, 1.807) is 6.92 Å². The fourth-order valence-electron chi connectivity index (χ4n) is 0.335. The summed E-state index contributed by atoms with van der Waals surface area (Å²) in [6.07, 6.45) is 0. The van der Waals surface area contributed by atoms with Crippen LogP contribution in [0.15, 0.2) is 0 Å². The van der Waals surface area contributed by atoms with E-state index in [-0.39, 0.29) is 6.61 Å². The van der Waals surface area contributed by atoms with Crippen molar-refractivity contribution in [2.75, 3.05) is 13.2 Å². The highest BCUT2D eigenvalue weighted by Crippen LogP contribution is 2.05. The molecular weight excluding hydrogens is 144 g/mol. The van der Waals surface area contributed by atoms with Crippen molar-refractivity contribution in [3.8, 4) is 0 Å². The minimum atomic E-state index is -0.907. The molecule has 0 saturated heterocycles. The van der Waals surface area contributed by atoms with Crippen molar-refractivity contribution in [3.63, 3.8) is 0 Å². The average molecular weight is 164 g/mol. The summed E-state index contributed by atoms with van der Waals surface area (Å²) in [5.74, 6) is 0. The Kier molecular flexibility index (Phi) is 9.26. The van der Waals surface area contributed by atoms with E-state index in [9.17, 15) is 0 Å². The van der Waals surface area contributed by atoms with Gasteiger partial charge in [-0.25, -0.2) is 0 Å². The second kappa shape index (κ2) is 7.25. The van der Waals surface area contributed by atoms with Crippen LogP contribution in [0.4, 0.5) is 0 Å². The van der Waals surface area contributed by atoms with Crippen LogP contribution < -0.4 is 0 Å². The number of aliphatic hydroxyl groups excluding tert-OH is 2. The van der Waals surface area contributed by atoms with Gasteiger partial charge in [-0.1, -0.05) is 19.6 Å². The lowest BCUT2D eigenvalue weighted by molar-refractivity contribution is 0.316. The molecule has 0 aliphatic heterocycles. The van der Waals surface area contributed by atoms with E-state index in [4.69, 9.17) is 10.2 Å². The third kappa shape index (κ3) is 24.2. The van der Waals surface area contributed by atoms with Crippen molar-refractivity contribution >= 4 is 8.07 Å². The molecule has 0 atom stereocenters. The normalized spacial score (nSPS) is 10.2. The maximum atomic E-state index is 8.44. The summed E-state index contributed by atoms with van der Waals surface area (Å²) in [6.45, 7) is 9.06. The van der Waals surface area contributed by atoms with Crippen LogP contribution in [-0.4, -0.2) is 31.5 Å². The number of hydrogen-bond acceptors (Lipinski definition) is 2. The fraction of sp³-hybridized carbons (Fsp3) is 1.00. The zero-order chi connectivity index (χ0) is 8.62. The van der Waals surface area contributed by atoms with E-state index in [0.29, 0.717) is 6.61 Å². The lowest BCUT2D eigenvalue weighted by atomic mass is 10.9. The van der Waals surface area contributed by atoms with Crippen LogP contribution in [0.1, 0.15) is 6.92 Å². The number of hydrogen-bond donors (Lipinski definition) is 2. The van der Waals surface area contributed by atoms with Gasteiger partial charge < -0.3 is 10.2 Å². The van der Waals surface area contributed by atoms with Crippen LogP contribution in [0.5, 0.6) is 0 Å². The van der Waals surface area contributed by atoms with Crippen LogP contribution in [0, 0.1) is 0 Å². The van der Waals surface area contributed by atoms with Gasteiger partial charge in [-0.15, -0.1) is 0 Å². The van der Waals surface area contributed by atoms with E-state index >= 15 is 0 Å². The first kappa shape index (κ1) is 12.8. The molecule has 0 aromatic carbocycles. The maximum absolute atomic E-state index is 8.44. The quantitative estimate of drug-likeness (QED) is 0.604. The van der Waals surface area contributed by atoms with Crippen LogP contribution in [0.2, 0.25) is 25.7 Å². The molecule has 0 fully saturated rings. The Morgan fingerprint density at radius 3 is 1.40 bits per heavy atom. The second-order valence-electron chi connectivity index (χ2n) is 3.35. The number of rotatable bonds is 2. The highest BCUT2D eigenvalue weighted by molar-refractivity contribution is 6.76. The van der Waals surface area contributed by atoms with Gasteiger partial charge in [0.25, 0.3) is 0 Å². The summed E-state index contributed by atoms with van der Waals surface area (Å²) in [5, 5.41) is 16.0. The maximum Gasteiger partial charge on any atom is 0.0465 e. The molecule has 0 bridgehead atoms. The first-order valence-electron chi connectivity index (χ1n) is 3.69. The molecular formula is C7H20O2Si. The van der Waals surface area contributed by atoms with Crippen molar-refractivity contribution < 1.29 is 10.2 Å². The van der Waals surface area contributed by atoms with Gasteiger partial charge in [-0.3, -0.25) is 0 Å². The summed E-state index contributed by atoms with van der Waals surface area (Å²) >= 11 is 0. The summed E-state index contributed by atoms with van der Waals surface area (Å²) in [5.41, 5.74) is 0. The SMILES string of the molecule is CCO.C[Si](C)(C)CCO. The van der Waals surface area contributed by atoms with Gasteiger partial charge in [-0.05, 0) is 13.0 Å². The van der Waals surface area contributed by atoms with E-state index in [1.807, 2.05) is 0 Å². The molecule has 0 unspecified atom stereocenters. The fourth-order valence-corrected chi connectivity index (χ4v) is 1.01. The summed E-state index contributed by atoms with van der Waals surface area (Å²) < 4.78 is 0. The Balaban J connectivity index is 0. The molecule has 0 aliphatic carbocycles. The molecule has 0 saturated carbocycles. The topological polar surface area (TPSA) is 40.5 Å². The third-order valence-electron chi connectivity index (χ3n) is 0.862. The molecule has 0 aromatic heterocycles. The Bertz CT molecular complexity index is 59.1. The highest BCUT2D eigenvalue weighted by Gasteiger charge is 2.09. The van der Waals surface area contributed by atoms with E-state index in [0.717, 1.165) is 6.04 Å². The van der Waals surface area contributed by atoms with Gasteiger partial charge in [0.1, 0.15) is 0 Å². The molecule has 64 valence electrons. The van der Waals surface area contributed by atoms with Gasteiger partial charge >= 0.3 is 0 Å². The Morgan fingerprint density at radius 1 is 1.10 bits per heavy atom. The standard InChI is InChI=1S/C5H14OSi.C2H6O/c1-7(2,3)5-4-6;1-2-3/h6H,4-5H2,1-3H3;3H,2H2,1H3. The molecule has 2 nitrogen and oxygen atoms in total. The molecule has 0 aromatic rings. The summed E-state index contributed by atoms with van der Waals surface area (Å²) in [4.78, 5) is 0. The van der Waals surface area contributed by atoms with E-state index in [1.165, 1.54) is 0 Å². The monoisotopic (exact) mass is 164 g/mol. The highest BCUT2D eigenvalue weighted by atomic mass is 28.3. The predicted octanol–water partition coefficient (Wildman–Crippen LogP) is 1.32. The predicted molar refractivity (Wildman–Crippen MR) is 48.0 cm³/mol. The Hall–Kier alpha value is 0.137. The van der Waals surface area contributed by atoms with Crippen molar-refractivity contribution in [2.24, 2.45) is 0 Å². The van der Waals surface area contributed by atoms with Crippen LogP contribution >= 0.6 is 0 Å². The molecule has 3 heteroatoms. The molecule has 0 amide bonds. The molecule has 10 heavy (non-hydrogen) atoms. The van der Waals surface area contributed by atoms with Gasteiger partial charge in [0, 0.05) is 21.3 Å². The lowest BCUT2D eigenvalue weighted by Gasteiger charge is -2.11. The zero-order valence-corrected chi connectivity index (χ0v) is 8.52. The Labute approximate surface area is 64.9 Å². The molecule has 2 N–H and O–H groups in total. The lowest BCUT2D eigenvalue weighted by Crippen LogP contribution is -2.20. The first-order chi connectivity index (χ1) is 4.47.